The Morgan fingerprint density at radius 2 is 2.39 bits per heavy atom. The molecule has 0 amide bonds. The number of ether oxygens (including phenoxy) is 2. The second-order valence-electron chi connectivity index (χ2n) is 4.55. The average Bonchev–Trinajstić information content (AvgIpc) is 2.89. The molecule has 1 aliphatic rings. The van der Waals surface area contributed by atoms with E-state index in [4.69, 9.17) is 9.47 Å². The van der Waals surface area contributed by atoms with Crippen LogP contribution in [0.5, 0.6) is 5.75 Å². The second-order valence-corrected chi connectivity index (χ2v) is 5.41. The molecule has 3 nitrogen and oxygen atoms in total. The van der Waals surface area contributed by atoms with Gasteiger partial charge in [0.2, 0.25) is 0 Å². The quantitative estimate of drug-likeness (QED) is 0.906. The van der Waals surface area contributed by atoms with Gasteiger partial charge < -0.3 is 14.8 Å². The highest BCUT2D eigenvalue weighted by Crippen LogP contribution is 2.33. The molecule has 1 aliphatic heterocycles. The standard InChI is InChI=1S/C14H20BrNO2/c1-3-16-14(11-6-7-18-9-11)10-4-5-13(17-2)12(15)8-10/h4-5,8,11,14,16H,3,6-7,9H2,1-2H3. The predicted molar refractivity (Wildman–Crippen MR) is 76.0 cm³/mol. The van der Waals surface area contributed by atoms with E-state index in [0.717, 1.165) is 36.4 Å². The van der Waals surface area contributed by atoms with Crippen LogP contribution in [0, 0.1) is 5.92 Å². The third-order valence-corrected chi connectivity index (χ3v) is 4.02. The number of hydrogen-bond donors (Lipinski definition) is 1. The number of hydrogen-bond acceptors (Lipinski definition) is 3. The molecule has 0 aliphatic carbocycles. The minimum Gasteiger partial charge on any atom is -0.496 e. The van der Waals surface area contributed by atoms with Gasteiger partial charge >= 0.3 is 0 Å². The van der Waals surface area contributed by atoms with E-state index in [-0.39, 0.29) is 0 Å². The lowest BCUT2D eigenvalue weighted by Crippen LogP contribution is -2.28. The molecule has 1 fully saturated rings. The third kappa shape index (κ3) is 3.05. The molecule has 100 valence electrons. The van der Waals surface area contributed by atoms with Crippen LogP contribution in [0.25, 0.3) is 0 Å². The van der Waals surface area contributed by atoms with Crippen molar-refractivity contribution >= 4 is 15.9 Å². The average molecular weight is 314 g/mol. The first-order chi connectivity index (χ1) is 8.76. The summed E-state index contributed by atoms with van der Waals surface area (Å²) in [5, 5.41) is 3.56. The summed E-state index contributed by atoms with van der Waals surface area (Å²) in [5.74, 6) is 1.43. The van der Waals surface area contributed by atoms with Gasteiger partial charge in [-0.2, -0.15) is 0 Å². The summed E-state index contributed by atoms with van der Waals surface area (Å²) in [7, 11) is 1.69. The number of rotatable bonds is 5. The van der Waals surface area contributed by atoms with Crippen molar-refractivity contribution in [1.29, 1.82) is 0 Å². The normalized spacial score (nSPS) is 20.9. The van der Waals surface area contributed by atoms with Crippen LogP contribution in [-0.4, -0.2) is 26.9 Å². The van der Waals surface area contributed by atoms with Gasteiger partial charge in [-0.1, -0.05) is 13.0 Å². The van der Waals surface area contributed by atoms with Crippen LogP contribution >= 0.6 is 15.9 Å². The summed E-state index contributed by atoms with van der Waals surface area (Å²) in [6.07, 6.45) is 1.13. The molecule has 1 N–H and O–H groups in total. The van der Waals surface area contributed by atoms with Gasteiger partial charge in [0.1, 0.15) is 5.75 Å². The number of nitrogens with one attached hydrogen (secondary N) is 1. The van der Waals surface area contributed by atoms with Crippen molar-refractivity contribution in [2.45, 2.75) is 19.4 Å². The van der Waals surface area contributed by atoms with Gasteiger partial charge in [-0.05, 0) is 46.6 Å². The Bertz CT molecular complexity index is 391. The molecular formula is C14H20BrNO2. The van der Waals surface area contributed by atoms with Gasteiger partial charge in [-0.3, -0.25) is 0 Å². The molecular weight excluding hydrogens is 294 g/mol. The first-order valence-corrected chi connectivity index (χ1v) is 7.20. The molecule has 1 aromatic rings. The van der Waals surface area contributed by atoms with Crippen LogP contribution in [-0.2, 0) is 4.74 Å². The topological polar surface area (TPSA) is 30.5 Å². The summed E-state index contributed by atoms with van der Waals surface area (Å²) in [4.78, 5) is 0. The lowest BCUT2D eigenvalue weighted by molar-refractivity contribution is 0.177. The molecule has 4 heteroatoms. The fourth-order valence-corrected chi connectivity index (χ4v) is 3.03. The first kappa shape index (κ1) is 13.8. The van der Waals surface area contributed by atoms with Crippen LogP contribution in [0.2, 0.25) is 0 Å². The van der Waals surface area contributed by atoms with Crippen molar-refractivity contribution in [1.82, 2.24) is 5.32 Å². The van der Waals surface area contributed by atoms with E-state index in [0.29, 0.717) is 12.0 Å². The molecule has 2 rings (SSSR count). The molecule has 0 bridgehead atoms. The van der Waals surface area contributed by atoms with Crippen molar-refractivity contribution in [3.8, 4) is 5.75 Å². The van der Waals surface area contributed by atoms with Gasteiger partial charge in [0, 0.05) is 18.6 Å². The fraction of sp³-hybridized carbons (Fsp3) is 0.571. The lowest BCUT2D eigenvalue weighted by Gasteiger charge is -2.24. The zero-order valence-electron chi connectivity index (χ0n) is 10.9. The largest absolute Gasteiger partial charge is 0.496 e. The van der Waals surface area contributed by atoms with Gasteiger partial charge in [0.15, 0.2) is 0 Å². The monoisotopic (exact) mass is 313 g/mol. The van der Waals surface area contributed by atoms with Gasteiger partial charge in [0.05, 0.1) is 18.2 Å². The van der Waals surface area contributed by atoms with Crippen molar-refractivity contribution in [2.75, 3.05) is 26.9 Å². The highest BCUT2D eigenvalue weighted by molar-refractivity contribution is 9.10. The molecule has 1 saturated heterocycles. The summed E-state index contributed by atoms with van der Waals surface area (Å²) in [5.41, 5.74) is 1.29. The summed E-state index contributed by atoms with van der Waals surface area (Å²) in [6.45, 7) is 4.83. The maximum atomic E-state index is 5.50. The van der Waals surface area contributed by atoms with E-state index >= 15 is 0 Å². The Morgan fingerprint density at radius 1 is 1.56 bits per heavy atom. The molecule has 1 aromatic carbocycles. The minimum atomic E-state index is 0.361. The summed E-state index contributed by atoms with van der Waals surface area (Å²) < 4.78 is 11.8. The maximum absolute atomic E-state index is 5.50. The van der Waals surface area contributed by atoms with Crippen LogP contribution in [0.15, 0.2) is 22.7 Å². The molecule has 1 heterocycles. The van der Waals surface area contributed by atoms with Gasteiger partial charge in [-0.25, -0.2) is 0 Å². The SMILES string of the molecule is CCNC(c1ccc(OC)c(Br)c1)C1CCOC1. The van der Waals surface area contributed by atoms with Crippen molar-refractivity contribution in [3.05, 3.63) is 28.2 Å². The third-order valence-electron chi connectivity index (χ3n) is 3.40. The Hall–Kier alpha value is -0.580. The number of halogens is 1. The van der Waals surface area contributed by atoms with E-state index in [2.05, 4.69) is 40.3 Å². The first-order valence-electron chi connectivity index (χ1n) is 6.40. The number of methoxy groups -OCH3 is 1. The molecule has 0 saturated carbocycles. The Labute approximate surface area is 117 Å². The zero-order chi connectivity index (χ0) is 13.0. The summed E-state index contributed by atoms with van der Waals surface area (Å²) in [6, 6.07) is 6.65. The molecule has 0 aromatic heterocycles. The molecule has 18 heavy (non-hydrogen) atoms. The Morgan fingerprint density at radius 3 is 2.94 bits per heavy atom. The summed E-state index contributed by atoms with van der Waals surface area (Å²) >= 11 is 3.55. The predicted octanol–water partition coefficient (Wildman–Crippen LogP) is 3.14. The van der Waals surface area contributed by atoms with E-state index < -0.39 is 0 Å². The van der Waals surface area contributed by atoms with E-state index in [1.165, 1.54) is 5.56 Å². The molecule has 2 unspecified atom stereocenters. The number of benzene rings is 1. The van der Waals surface area contributed by atoms with Crippen molar-refractivity contribution in [2.24, 2.45) is 5.92 Å². The van der Waals surface area contributed by atoms with Crippen LogP contribution in [0.4, 0.5) is 0 Å². The second kappa shape index (κ2) is 6.55. The lowest BCUT2D eigenvalue weighted by atomic mass is 9.92. The van der Waals surface area contributed by atoms with E-state index in [1.807, 2.05) is 6.07 Å². The van der Waals surface area contributed by atoms with E-state index in [9.17, 15) is 0 Å². The van der Waals surface area contributed by atoms with Crippen molar-refractivity contribution < 1.29 is 9.47 Å². The van der Waals surface area contributed by atoms with Crippen LogP contribution < -0.4 is 10.1 Å². The Kier molecular flexibility index (Phi) is 5.03. The molecule has 0 radical (unpaired) electrons. The smallest absolute Gasteiger partial charge is 0.133 e. The van der Waals surface area contributed by atoms with Crippen molar-refractivity contribution in [3.63, 3.8) is 0 Å². The van der Waals surface area contributed by atoms with Gasteiger partial charge in [0.25, 0.3) is 0 Å². The van der Waals surface area contributed by atoms with E-state index in [1.54, 1.807) is 7.11 Å². The highest BCUT2D eigenvalue weighted by atomic mass is 79.9. The maximum Gasteiger partial charge on any atom is 0.133 e. The van der Waals surface area contributed by atoms with Gasteiger partial charge in [-0.15, -0.1) is 0 Å². The Balaban J connectivity index is 2.21. The fourth-order valence-electron chi connectivity index (χ4n) is 2.47. The van der Waals surface area contributed by atoms with Crippen LogP contribution in [0.3, 0.4) is 0 Å². The zero-order valence-corrected chi connectivity index (χ0v) is 12.5. The molecule has 0 spiro atoms. The minimum absolute atomic E-state index is 0.361. The highest BCUT2D eigenvalue weighted by Gasteiger charge is 2.26. The molecule has 2 atom stereocenters. The van der Waals surface area contributed by atoms with Crippen LogP contribution in [0.1, 0.15) is 24.9 Å².